The Hall–Kier alpha value is -2.53. The summed E-state index contributed by atoms with van der Waals surface area (Å²) in [6, 6.07) is 2.73. The molecule has 0 unspecified atom stereocenters. The van der Waals surface area contributed by atoms with Gasteiger partial charge in [-0.2, -0.15) is 4.72 Å². The van der Waals surface area contributed by atoms with Gasteiger partial charge in [-0.05, 0) is 19.1 Å². The van der Waals surface area contributed by atoms with Crippen LogP contribution < -0.4 is 10.0 Å². The highest BCUT2D eigenvalue weighted by atomic mass is 32.2. The molecule has 0 bridgehead atoms. The minimum absolute atomic E-state index is 0.157. The molecule has 1 heterocycles. The molecule has 3 amide bonds. The Labute approximate surface area is 143 Å². The third-order valence-corrected chi connectivity index (χ3v) is 4.88. The van der Waals surface area contributed by atoms with Gasteiger partial charge in [-0.15, -0.1) is 0 Å². The molecule has 1 aromatic carbocycles. The van der Waals surface area contributed by atoms with Gasteiger partial charge in [0.25, 0.3) is 5.91 Å². The van der Waals surface area contributed by atoms with Crippen LogP contribution in [0.15, 0.2) is 29.2 Å². The van der Waals surface area contributed by atoms with Gasteiger partial charge in [-0.25, -0.2) is 17.6 Å². The van der Waals surface area contributed by atoms with E-state index in [4.69, 9.17) is 4.74 Å². The van der Waals surface area contributed by atoms with E-state index in [9.17, 15) is 27.2 Å². The van der Waals surface area contributed by atoms with Gasteiger partial charge in [0.05, 0.1) is 0 Å². The summed E-state index contributed by atoms with van der Waals surface area (Å²) < 4.78 is 44.4. The highest BCUT2D eigenvalue weighted by Gasteiger charge is 2.29. The number of imide groups is 1. The van der Waals surface area contributed by atoms with E-state index in [1.165, 1.54) is 19.1 Å². The first-order chi connectivity index (χ1) is 11.7. The van der Waals surface area contributed by atoms with E-state index in [0.29, 0.717) is 6.54 Å². The van der Waals surface area contributed by atoms with Crippen molar-refractivity contribution in [3.05, 3.63) is 30.1 Å². The van der Waals surface area contributed by atoms with Crippen LogP contribution in [-0.4, -0.2) is 57.0 Å². The summed E-state index contributed by atoms with van der Waals surface area (Å²) >= 11 is 0. The Morgan fingerprint density at radius 1 is 1.40 bits per heavy atom. The van der Waals surface area contributed by atoms with Gasteiger partial charge in [0.1, 0.15) is 16.8 Å². The average Bonchev–Trinajstić information content (AvgIpc) is 2.98. The summed E-state index contributed by atoms with van der Waals surface area (Å²) in [5, 5.41) is 2.41. The molecule has 11 heteroatoms. The van der Waals surface area contributed by atoms with Gasteiger partial charge in [-0.3, -0.25) is 14.5 Å². The number of nitrogens with one attached hydrogen (secondary N) is 2. The smallest absolute Gasteiger partial charge is 0.324 e. The molecule has 2 rings (SSSR count). The molecule has 1 aliphatic rings. The summed E-state index contributed by atoms with van der Waals surface area (Å²) in [7, 11) is -4.28. The van der Waals surface area contributed by atoms with Crippen LogP contribution in [0.3, 0.4) is 0 Å². The number of amides is 3. The molecule has 136 valence electrons. The number of hydrogen-bond acceptors (Lipinski definition) is 6. The van der Waals surface area contributed by atoms with Crippen molar-refractivity contribution in [1.82, 2.24) is 14.9 Å². The van der Waals surface area contributed by atoms with Crippen LogP contribution in [0.25, 0.3) is 0 Å². The minimum Gasteiger partial charge on any atom is -0.454 e. The summed E-state index contributed by atoms with van der Waals surface area (Å²) in [4.78, 5) is 35.1. The lowest BCUT2D eigenvalue weighted by molar-refractivity contribution is -0.151. The predicted molar refractivity (Wildman–Crippen MR) is 82.3 cm³/mol. The maximum absolute atomic E-state index is 13.6. The Balaban J connectivity index is 1.93. The molecular weight excluding hydrogens is 357 g/mol. The van der Waals surface area contributed by atoms with E-state index in [1.807, 2.05) is 4.72 Å². The molecule has 2 N–H and O–H groups in total. The number of halogens is 1. The number of rotatable bonds is 6. The molecule has 9 nitrogen and oxygen atoms in total. The minimum atomic E-state index is -4.28. The predicted octanol–water partition coefficient (Wildman–Crippen LogP) is -0.412. The first kappa shape index (κ1) is 18.8. The molecule has 1 aliphatic heterocycles. The van der Waals surface area contributed by atoms with Crippen LogP contribution in [0.5, 0.6) is 0 Å². The van der Waals surface area contributed by atoms with Crippen molar-refractivity contribution >= 4 is 27.9 Å². The zero-order valence-corrected chi connectivity index (χ0v) is 14.0. The molecular formula is C14H16FN3O6S. The number of nitrogens with zero attached hydrogens (tertiary/aromatic N) is 1. The summed E-state index contributed by atoms with van der Waals surface area (Å²) in [5.74, 6) is -2.73. The highest BCUT2D eigenvalue weighted by molar-refractivity contribution is 7.89. The van der Waals surface area contributed by atoms with Gasteiger partial charge in [0, 0.05) is 13.1 Å². The largest absolute Gasteiger partial charge is 0.454 e. The van der Waals surface area contributed by atoms with E-state index in [1.54, 1.807) is 0 Å². The van der Waals surface area contributed by atoms with Crippen LogP contribution in [-0.2, 0) is 24.3 Å². The number of sulfonamides is 1. The van der Waals surface area contributed by atoms with Gasteiger partial charge in [0.2, 0.25) is 10.0 Å². The summed E-state index contributed by atoms with van der Waals surface area (Å²) in [5.41, 5.74) is 0. The number of urea groups is 1. The molecule has 1 fully saturated rings. The second-order valence-electron chi connectivity index (χ2n) is 5.16. The molecule has 0 aromatic heterocycles. The Morgan fingerprint density at radius 3 is 2.68 bits per heavy atom. The lowest BCUT2D eigenvalue weighted by Gasteiger charge is -2.15. The van der Waals surface area contributed by atoms with E-state index in [0.717, 1.165) is 17.0 Å². The van der Waals surface area contributed by atoms with Crippen molar-refractivity contribution < 1.29 is 31.9 Å². The first-order valence-electron chi connectivity index (χ1n) is 7.24. The van der Waals surface area contributed by atoms with Gasteiger partial charge >= 0.3 is 12.0 Å². The van der Waals surface area contributed by atoms with E-state index in [-0.39, 0.29) is 6.54 Å². The zero-order chi connectivity index (χ0) is 18.6. The monoisotopic (exact) mass is 373 g/mol. The molecule has 1 aromatic rings. The lowest BCUT2D eigenvalue weighted by Crippen LogP contribution is -2.42. The average molecular weight is 373 g/mol. The van der Waals surface area contributed by atoms with Crippen LogP contribution in [0.1, 0.15) is 6.92 Å². The fraction of sp³-hybridized carbons (Fsp3) is 0.357. The molecule has 0 saturated carbocycles. The normalized spacial score (nSPS) is 15.6. The number of esters is 1. The van der Waals surface area contributed by atoms with Crippen LogP contribution in [0.2, 0.25) is 0 Å². The van der Waals surface area contributed by atoms with E-state index >= 15 is 0 Å². The number of ether oxygens (including phenoxy) is 1. The van der Waals surface area contributed by atoms with Crippen molar-refractivity contribution in [1.29, 1.82) is 0 Å². The highest BCUT2D eigenvalue weighted by Crippen LogP contribution is 2.13. The first-order valence-corrected chi connectivity index (χ1v) is 8.72. The number of carbonyl (C=O) groups excluding carboxylic acids is 3. The van der Waals surface area contributed by atoms with E-state index < -0.39 is 51.3 Å². The summed E-state index contributed by atoms with van der Waals surface area (Å²) in [6.45, 7) is 0.938. The zero-order valence-electron chi connectivity index (χ0n) is 13.2. The maximum atomic E-state index is 13.6. The maximum Gasteiger partial charge on any atom is 0.324 e. The Morgan fingerprint density at radius 2 is 2.08 bits per heavy atom. The molecule has 1 saturated heterocycles. The van der Waals surface area contributed by atoms with Gasteiger partial charge in [-0.1, -0.05) is 12.1 Å². The van der Waals surface area contributed by atoms with E-state index in [2.05, 4.69) is 5.32 Å². The topological polar surface area (TPSA) is 122 Å². The SMILES string of the molecule is C[C@H](NS(=O)(=O)c1ccccc1F)C(=O)OCC(=O)N1CCNC1=O. The van der Waals surface area contributed by atoms with Crippen molar-refractivity contribution in [2.24, 2.45) is 0 Å². The fourth-order valence-electron chi connectivity index (χ4n) is 2.05. The lowest BCUT2D eigenvalue weighted by atomic mass is 10.3. The molecule has 1 atom stereocenters. The molecule has 0 aliphatic carbocycles. The van der Waals surface area contributed by atoms with Crippen molar-refractivity contribution in [3.63, 3.8) is 0 Å². The Kier molecular flexibility index (Phi) is 5.69. The van der Waals surface area contributed by atoms with Gasteiger partial charge < -0.3 is 10.1 Å². The molecule has 0 spiro atoms. The van der Waals surface area contributed by atoms with Crippen LogP contribution in [0, 0.1) is 5.82 Å². The van der Waals surface area contributed by atoms with Crippen molar-refractivity contribution in [2.45, 2.75) is 17.9 Å². The molecule has 25 heavy (non-hydrogen) atoms. The third kappa shape index (κ3) is 4.51. The van der Waals surface area contributed by atoms with Crippen molar-refractivity contribution in [2.75, 3.05) is 19.7 Å². The van der Waals surface area contributed by atoms with Gasteiger partial charge in [0.15, 0.2) is 6.61 Å². The quantitative estimate of drug-likeness (QED) is 0.654. The second kappa shape index (κ2) is 7.57. The second-order valence-corrected chi connectivity index (χ2v) is 6.84. The third-order valence-electron chi connectivity index (χ3n) is 3.31. The van der Waals surface area contributed by atoms with Crippen LogP contribution >= 0.6 is 0 Å². The number of carbonyl (C=O) groups is 3. The molecule has 0 radical (unpaired) electrons. The van der Waals surface area contributed by atoms with Crippen LogP contribution in [0.4, 0.5) is 9.18 Å². The number of benzene rings is 1. The standard InChI is InChI=1S/C14H16FN3O6S/c1-9(17-25(22,23)11-5-3-2-4-10(11)15)13(20)24-8-12(19)18-7-6-16-14(18)21/h2-5,9,17H,6-8H2,1H3,(H,16,21)/t9-/m0/s1. The van der Waals surface area contributed by atoms with Crippen molar-refractivity contribution in [3.8, 4) is 0 Å². The number of hydrogen-bond donors (Lipinski definition) is 2. The fourth-order valence-corrected chi connectivity index (χ4v) is 3.32. The summed E-state index contributed by atoms with van der Waals surface area (Å²) in [6.07, 6.45) is 0. The Bertz CT molecular complexity index is 798.